The predicted octanol–water partition coefficient (Wildman–Crippen LogP) is 0.654. The fourth-order valence-electron chi connectivity index (χ4n) is 2.12. The van der Waals surface area contributed by atoms with Crippen molar-refractivity contribution in [2.75, 3.05) is 60.0 Å². The Hall–Kier alpha value is -0.610. The number of guanidine groups is 1. The first-order valence-corrected chi connectivity index (χ1v) is 8.64. The van der Waals surface area contributed by atoms with Crippen molar-refractivity contribution in [2.45, 2.75) is 26.2 Å². The number of methoxy groups -OCH3 is 1. The Morgan fingerprint density at radius 2 is 1.92 bits per heavy atom. The van der Waals surface area contributed by atoms with E-state index in [1.54, 1.807) is 7.11 Å². The summed E-state index contributed by atoms with van der Waals surface area (Å²) in [6.07, 6.45) is 3.12. The molecule has 7 nitrogen and oxygen atoms in total. The molecule has 8 heteroatoms. The third kappa shape index (κ3) is 11.9. The molecule has 0 aromatic heterocycles. The van der Waals surface area contributed by atoms with Gasteiger partial charge in [-0.3, -0.25) is 9.79 Å². The molecule has 24 heavy (non-hydrogen) atoms. The summed E-state index contributed by atoms with van der Waals surface area (Å²) >= 11 is 0. The largest absolute Gasteiger partial charge is 0.385 e. The number of halogens is 1. The fourth-order valence-corrected chi connectivity index (χ4v) is 2.12. The smallest absolute Gasteiger partial charge is 0.223 e. The van der Waals surface area contributed by atoms with Crippen molar-refractivity contribution in [1.29, 1.82) is 0 Å². The lowest BCUT2D eigenvalue weighted by atomic mass is 10.4. The molecule has 0 aromatic rings. The lowest BCUT2D eigenvalue weighted by Gasteiger charge is -2.16. The first-order chi connectivity index (χ1) is 11.2. The molecule has 0 saturated heterocycles. The number of hydrogen-bond acceptors (Lipinski definition) is 4. The molecule has 0 radical (unpaired) electrons. The Morgan fingerprint density at radius 3 is 2.54 bits per heavy atom. The molecule has 0 unspecified atom stereocenters. The van der Waals surface area contributed by atoms with E-state index in [0.29, 0.717) is 13.1 Å². The SMILES string of the molecule is CCNC(=NCCN(C)CCCOC)NCCNC(=O)C1CC1.I. The van der Waals surface area contributed by atoms with Crippen LogP contribution in [0.15, 0.2) is 4.99 Å². The fraction of sp³-hybridized carbons (Fsp3) is 0.875. The molecule has 1 rings (SSSR count). The van der Waals surface area contributed by atoms with Gasteiger partial charge in [-0.15, -0.1) is 24.0 Å². The Kier molecular flexibility index (Phi) is 14.3. The van der Waals surface area contributed by atoms with E-state index >= 15 is 0 Å². The molecule has 0 atom stereocenters. The molecule has 1 amide bonds. The average Bonchev–Trinajstić information content (AvgIpc) is 3.36. The maximum absolute atomic E-state index is 11.5. The van der Waals surface area contributed by atoms with Crippen LogP contribution < -0.4 is 16.0 Å². The third-order valence-corrected chi connectivity index (χ3v) is 3.65. The summed E-state index contributed by atoms with van der Waals surface area (Å²) in [5, 5.41) is 9.41. The number of carbonyl (C=O) groups excluding carboxylic acids is 1. The lowest BCUT2D eigenvalue weighted by Crippen LogP contribution is -2.42. The van der Waals surface area contributed by atoms with Crippen LogP contribution in [0.3, 0.4) is 0 Å². The zero-order valence-electron chi connectivity index (χ0n) is 15.3. The molecule has 1 aliphatic rings. The summed E-state index contributed by atoms with van der Waals surface area (Å²) < 4.78 is 5.05. The van der Waals surface area contributed by atoms with Crippen LogP contribution in [0.1, 0.15) is 26.2 Å². The third-order valence-electron chi connectivity index (χ3n) is 3.65. The highest BCUT2D eigenvalue weighted by Gasteiger charge is 2.28. The van der Waals surface area contributed by atoms with Gasteiger partial charge >= 0.3 is 0 Å². The molecule has 1 saturated carbocycles. The molecule has 0 aliphatic heterocycles. The van der Waals surface area contributed by atoms with Crippen LogP contribution in [0.5, 0.6) is 0 Å². The minimum Gasteiger partial charge on any atom is -0.385 e. The van der Waals surface area contributed by atoms with Gasteiger partial charge in [0.05, 0.1) is 6.54 Å². The van der Waals surface area contributed by atoms with Gasteiger partial charge in [-0.1, -0.05) is 0 Å². The molecule has 0 aromatic carbocycles. The second kappa shape index (κ2) is 14.7. The van der Waals surface area contributed by atoms with Gasteiger partial charge in [0.15, 0.2) is 5.96 Å². The van der Waals surface area contributed by atoms with Crippen LogP contribution in [-0.2, 0) is 9.53 Å². The number of amides is 1. The number of nitrogens with zero attached hydrogens (tertiary/aromatic N) is 2. The van der Waals surface area contributed by atoms with Gasteiger partial charge in [0.2, 0.25) is 5.91 Å². The van der Waals surface area contributed by atoms with Gasteiger partial charge in [0, 0.05) is 52.4 Å². The maximum atomic E-state index is 11.5. The van der Waals surface area contributed by atoms with Gasteiger partial charge < -0.3 is 25.6 Å². The van der Waals surface area contributed by atoms with Crippen LogP contribution >= 0.6 is 24.0 Å². The molecule has 142 valence electrons. The Bertz CT molecular complexity index is 364. The molecule has 0 spiro atoms. The summed E-state index contributed by atoms with van der Waals surface area (Å²) in [4.78, 5) is 18.3. The van der Waals surface area contributed by atoms with Crippen molar-refractivity contribution in [3.63, 3.8) is 0 Å². The highest BCUT2D eigenvalue weighted by Crippen LogP contribution is 2.28. The van der Waals surface area contributed by atoms with Crippen molar-refractivity contribution >= 4 is 35.8 Å². The first-order valence-electron chi connectivity index (χ1n) is 8.64. The van der Waals surface area contributed by atoms with Crippen molar-refractivity contribution in [3.8, 4) is 0 Å². The number of nitrogens with one attached hydrogen (secondary N) is 3. The number of hydrogen-bond donors (Lipinski definition) is 3. The minimum absolute atomic E-state index is 0. The normalized spacial score (nSPS) is 14.2. The van der Waals surface area contributed by atoms with E-state index in [2.05, 4.69) is 32.9 Å². The summed E-state index contributed by atoms with van der Waals surface area (Å²) in [5.74, 6) is 1.26. The van der Waals surface area contributed by atoms with Crippen molar-refractivity contribution < 1.29 is 9.53 Å². The number of rotatable bonds is 12. The van der Waals surface area contributed by atoms with E-state index in [-0.39, 0.29) is 35.8 Å². The summed E-state index contributed by atoms with van der Waals surface area (Å²) in [6.45, 7) is 7.66. The van der Waals surface area contributed by atoms with E-state index in [1.165, 1.54) is 0 Å². The highest BCUT2D eigenvalue weighted by molar-refractivity contribution is 14.0. The van der Waals surface area contributed by atoms with Crippen molar-refractivity contribution in [2.24, 2.45) is 10.9 Å². The van der Waals surface area contributed by atoms with Gasteiger partial charge in [-0.05, 0) is 33.2 Å². The van der Waals surface area contributed by atoms with Gasteiger partial charge in [-0.2, -0.15) is 0 Å². The quantitative estimate of drug-likeness (QED) is 0.174. The average molecular weight is 455 g/mol. The molecule has 1 aliphatic carbocycles. The molecular weight excluding hydrogens is 421 g/mol. The molecule has 1 fully saturated rings. The zero-order valence-corrected chi connectivity index (χ0v) is 17.6. The minimum atomic E-state index is 0. The summed E-state index contributed by atoms with van der Waals surface area (Å²) in [7, 11) is 3.82. The standard InChI is InChI=1S/C16H33N5O2.HI/c1-4-17-16(19-9-8-18-15(22)14-6-7-14)20-10-12-21(2)11-5-13-23-3;/h14H,4-13H2,1-3H3,(H,18,22)(H2,17,19,20);1H. The Morgan fingerprint density at radius 1 is 1.21 bits per heavy atom. The van der Waals surface area contributed by atoms with Gasteiger partial charge in [0.25, 0.3) is 0 Å². The molecule has 3 N–H and O–H groups in total. The summed E-state index contributed by atoms with van der Waals surface area (Å²) in [5.41, 5.74) is 0. The van der Waals surface area contributed by atoms with E-state index < -0.39 is 0 Å². The predicted molar refractivity (Wildman–Crippen MR) is 109 cm³/mol. The van der Waals surface area contributed by atoms with E-state index in [1.807, 2.05) is 6.92 Å². The first kappa shape index (κ1) is 23.4. The number of carbonyl (C=O) groups is 1. The van der Waals surface area contributed by atoms with Gasteiger partial charge in [0.1, 0.15) is 0 Å². The van der Waals surface area contributed by atoms with Gasteiger partial charge in [-0.25, -0.2) is 0 Å². The van der Waals surface area contributed by atoms with E-state index in [4.69, 9.17) is 4.74 Å². The molecule has 0 bridgehead atoms. The van der Waals surface area contributed by atoms with Crippen LogP contribution in [0.2, 0.25) is 0 Å². The lowest BCUT2D eigenvalue weighted by molar-refractivity contribution is -0.122. The molecule has 0 heterocycles. The monoisotopic (exact) mass is 455 g/mol. The second-order valence-electron chi connectivity index (χ2n) is 5.90. The zero-order chi connectivity index (χ0) is 16.9. The highest BCUT2D eigenvalue weighted by atomic mass is 127. The number of ether oxygens (including phenoxy) is 1. The van der Waals surface area contributed by atoms with Crippen molar-refractivity contribution in [3.05, 3.63) is 0 Å². The number of aliphatic imine (C=N–C) groups is 1. The Balaban J connectivity index is 0.00000529. The summed E-state index contributed by atoms with van der Waals surface area (Å²) in [6, 6.07) is 0. The maximum Gasteiger partial charge on any atom is 0.223 e. The van der Waals surface area contributed by atoms with E-state index in [0.717, 1.165) is 58.0 Å². The van der Waals surface area contributed by atoms with Crippen molar-refractivity contribution in [1.82, 2.24) is 20.9 Å². The van der Waals surface area contributed by atoms with Crippen LogP contribution in [-0.4, -0.2) is 76.8 Å². The number of likely N-dealkylation sites (N-methyl/N-ethyl adjacent to an activating group) is 1. The van der Waals surface area contributed by atoms with Crippen LogP contribution in [0, 0.1) is 5.92 Å². The molecular formula is C16H34IN5O2. The second-order valence-corrected chi connectivity index (χ2v) is 5.90. The van der Waals surface area contributed by atoms with Crippen LogP contribution in [0.4, 0.5) is 0 Å². The topological polar surface area (TPSA) is 78.0 Å². The van der Waals surface area contributed by atoms with Crippen LogP contribution in [0.25, 0.3) is 0 Å². The Labute approximate surface area is 163 Å². The van der Waals surface area contributed by atoms with E-state index in [9.17, 15) is 4.79 Å².